The molecular formula is C23H23N3O4S2. The van der Waals surface area contributed by atoms with E-state index in [0.717, 1.165) is 22.9 Å². The first kappa shape index (κ1) is 22.3. The fourth-order valence-electron chi connectivity index (χ4n) is 3.51. The van der Waals surface area contributed by atoms with Gasteiger partial charge in [0.05, 0.1) is 17.7 Å². The highest BCUT2D eigenvalue weighted by molar-refractivity contribution is 8.26. The molecule has 7 nitrogen and oxygen atoms in total. The molecule has 0 aliphatic carbocycles. The van der Waals surface area contributed by atoms with Crippen molar-refractivity contribution in [2.75, 3.05) is 20.3 Å². The lowest BCUT2D eigenvalue weighted by Crippen LogP contribution is -2.28. The van der Waals surface area contributed by atoms with Crippen molar-refractivity contribution < 1.29 is 18.7 Å². The Morgan fingerprint density at radius 1 is 1.28 bits per heavy atom. The van der Waals surface area contributed by atoms with Gasteiger partial charge in [-0.2, -0.15) is 0 Å². The molecular weight excluding hydrogens is 446 g/mol. The van der Waals surface area contributed by atoms with Crippen LogP contribution in [0.2, 0.25) is 0 Å². The number of thioether (sulfide) groups is 1. The molecule has 3 aromatic rings. The largest absolute Gasteiger partial charge is 0.467 e. The van der Waals surface area contributed by atoms with Crippen LogP contribution in [0.5, 0.6) is 0 Å². The van der Waals surface area contributed by atoms with E-state index in [1.807, 2.05) is 47.2 Å². The number of carbonyl (C=O) groups is 2. The maximum absolute atomic E-state index is 13.0. The molecule has 9 heteroatoms. The van der Waals surface area contributed by atoms with Crippen molar-refractivity contribution in [1.29, 1.82) is 0 Å². The highest BCUT2D eigenvalue weighted by Gasteiger charge is 2.32. The smallest absolute Gasteiger partial charge is 0.266 e. The SMILES string of the molecule is COCCCNC(=O)Cn1cc(/C=C2\SC(=S)N(Cc3ccco3)C2=O)c2ccccc21. The van der Waals surface area contributed by atoms with Crippen LogP contribution in [0.15, 0.2) is 58.2 Å². The number of rotatable bonds is 9. The molecule has 2 aromatic heterocycles. The van der Waals surface area contributed by atoms with Gasteiger partial charge in [0.2, 0.25) is 5.91 Å². The number of fused-ring (bicyclic) bond motifs is 1. The van der Waals surface area contributed by atoms with Gasteiger partial charge >= 0.3 is 0 Å². The van der Waals surface area contributed by atoms with Gasteiger partial charge in [0.25, 0.3) is 5.91 Å². The van der Waals surface area contributed by atoms with Crippen molar-refractivity contribution in [3.63, 3.8) is 0 Å². The maximum Gasteiger partial charge on any atom is 0.266 e. The predicted molar refractivity (Wildman–Crippen MR) is 129 cm³/mol. The molecule has 0 bridgehead atoms. The Kier molecular flexibility index (Phi) is 7.09. The average molecular weight is 470 g/mol. The monoisotopic (exact) mass is 469 g/mol. The van der Waals surface area contributed by atoms with E-state index in [1.165, 1.54) is 16.7 Å². The van der Waals surface area contributed by atoms with Gasteiger partial charge < -0.3 is 19.0 Å². The Hall–Kier alpha value is -2.88. The molecule has 1 aromatic carbocycles. The number of para-hydroxylation sites is 1. The normalized spacial score (nSPS) is 15.3. The molecule has 0 unspecified atom stereocenters. The minimum absolute atomic E-state index is 0.0711. The zero-order valence-electron chi connectivity index (χ0n) is 17.6. The van der Waals surface area contributed by atoms with Crippen LogP contribution in [0.25, 0.3) is 17.0 Å². The molecule has 166 valence electrons. The summed E-state index contributed by atoms with van der Waals surface area (Å²) in [6.07, 6.45) is 6.08. The highest BCUT2D eigenvalue weighted by atomic mass is 32.2. The number of hydrogen-bond acceptors (Lipinski definition) is 6. The minimum Gasteiger partial charge on any atom is -0.467 e. The number of benzene rings is 1. The first-order valence-corrected chi connectivity index (χ1v) is 11.4. The van der Waals surface area contributed by atoms with Gasteiger partial charge in [0, 0.05) is 42.9 Å². The van der Waals surface area contributed by atoms with Crippen molar-refractivity contribution >= 4 is 57.1 Å². The van der Waals surface area contributed by atoms with Crippen LogP contribution in [0.1, 0.15) is 17.7 Å². The Morgan fingerprint density at radius 2 is 2.12 bits per heavy atom. The number of ether oxygens (including phenoxy) is 1. The Balaban J connectivity index is 1.54. The summed E-state index contributed by atoms with van der Waals surface area (Å²) in [7, 11) is 1.64. The molecule has 3 heterocycles. The number of amides is 2. The number of hydrogen-bond donors (Lipinski definition) is 1. The van der Waals surface area contributed by atoms with E-state index < -0.39 is 0 Å². The van der Waals surface area contributed by atoms with Crippen LogP contribution in [-0.2, 0) is 27.4 Å². The molecule has 1 N–H and O–H groups in total. The van der Waals surface area contributed by atoms with E-state index >= 15 is 0 Å². The van der Waals surface area contributed by atoms with Gasteiger partial charge in [0.15, 0.2) is 0 Å². The molecule has 1 fully saturated rings. The van der Waals surface area contributed by atoms with Gasteiger partial charge in [-0.15, -0.1) is 0 Å². The van der Waals surface area contributed by atoms with Crippen molar-refractivity contribution in [1.82, 2.24) is 14.8 Å². The van der Waals surface area contributed by atoms with E-state index in [0.29, 0.717) is 34.7 Å². The topological polar surface area (TPSA) is 76.7 Å². The fourth-order valence-corrected chi connectivity index (χ4v) is 4.76. The molecule has 0 spiro atoms. The summed E-state index contributed by atoms with van der Waals surface area (Å²) in [6.45, 7) is 1.67. The van der Waals surface area contributed by atoms with Gasteiger partial charge in [-0.25, -0.2) is 0 Å². The quantitative estimate of drug-likeness (QED) is 0.292. The average Bonchev–Trinajstić information content (AvgIpc) is 3.48. The zero-order chi connectivity index (χ0) is 22.5. The van der Waals surface area contributed by atoms with Crippen LogP contribution in [0, 0.1) is 0 Å². The number of carbonyl (C=O) groups excluding carboxylic acids is 2. The fraction of sp³-hybridized carbons (Fsp3) is 0.261. The molecule has 1 saturated heterocycles. The molecule has 1 aliphatic rings. The predicted octanol–water partition coefficient (Wildman–Crippen LogP) is 3.79. The van der Waals surface area contributed by atoms with Crippen molar-refractivity contribution in [3.05, 3.63) is 65.1 Å². The molecule has 4 rings (SSSR count). The van der Waals surface area contributed by atoms with Gasteiger partial charge in [0.1, 0.15) is 16.6 Å². The Bertz CT molecular complexity index is 1170. The number of aromatic nitrogens is 1. The van der Waals surface area contributed by atoms with E-state index in [2.05, 4.69) is 5.32 Å². The van der Waals surface area contributed by atoms with Crippen LogP contribution >= 0.6 is 24.0 Å². The van der Waals surface area contributed by atoms with E-state index in [1.54, 1.807) is 19.4 Å². The second-order valence-electron chi connectivity index (χ2n) is 7.27. The highest BCUT2D eigenvalue weighted by Crippen LogP contribution is 2.35. The molecule has 32 heavy (non-hydrogen) atoms. The summed E-state index contributed by atoms with van der Waals surface area (Å²) in [5, 5.41) is 3.88. The number of nitrogens with one attached hydrogen (secondary N) is 1. The second kappa shape index (κ2) is 10.2. The Morgan fingerprint density at radius 3 is 2.91 bits per heavy atom. The van der Waals surface area contributed by atoms with Crippen LogP contribution in [0.4, 0.5) is 0 Å². The minimum atomic E-state index is -0.149. The van der Waals surface area contributed by atoms with Crippen LogP contribution in [-0.4, -0.2) is 45.9 Å². The second-order valence-corrected chi connectivity index (χ2v) is 8.95. The number of methoxy groups -OCH3 is 1. The number of nitrogens with zero attached hydrogens (tertiary/aromatic N) is 2. The Labute approximate surface area is 195 Å². The van der Waals surface area contributed by atoms with Gasteiger partial charge in [-0.1, -0.05) is 42.2 Å². The summed E-state index contributed by atoms with van der Waals surface area (Å²) in [6, 6.07) is 11.4. The molecule has 2 amide bonds. The van der Waals surface area contributed by atoms with E-state index in [4.69, 9.17) is 21.4 Å². The summed E-state index contributed by atoms with van der Waals surface area (Å²) in [4.78, 5) is 27.4. The molecule has 1 aliphatic heterocycles. The lowest BCUT2D eigenvalue weighted by atomic mass is 10.1. The standard InChI is InChI=1S/C23H23N3O4S2/c1-29-10-5-9-24-21(27)15-25-13-16(18-7-2-3-8-19(18)25)12-20-22(28)26(23(31)32-20)14-17-6-4-11-30-17/h2-4,6-8,11-13H,5,9-10,14-15H2,1H3,(H,24,27)/b20-12-. The maximum atomic E-state index is 13.0. The molecule has 0 atom stereocenters. The molecule has 0 saturated carbocycles. The zero-order valence-corrected chi connectivity index (χ0v) is 19.2. The number of thiocarbonyl (C=S) groups is 1. The summed E-state index contributed by atoms with van der Waals surface area (Å²) >= 11 is 6.69. The first-order valence-electron chi connectivity index (χ1n) is 10.2. The summed E-state index contributed by atoms with van der Waals surface area (Å²) in [5.74, 6) is 0.456. The molecule has 0 radical (unpaired) electrons. The van der Waals surface area contributed by atoms with Gasteiger partial charge in [-0.05, 0) is 30.7 Å². The summed E-state index contributed by atoms with van der Waals surface area (Å²) in [5.41, 5.74) is 1.79. The van der Waals surface area contributed by atoms with Crippen molar-refractivity contribution in [2.24, 2.45) is 0 Å². The van der Waals surface area contributed by atoms with Crippen molar-refractivity contribution in [3.8, 4) is 0 Å². The third-order valence-corrected chi connectivity index (χ3v) is 6.41. The van der Waals surface area contributed by atoms with E-state index in [9.17, 15) is 9.59 Å². The lowest BCUT2D eigenvalue weighted by Gasteiger charge is -2.11. The van der Waals surface area contributed by atoms with Crippen molar-refractivity contribution in [2.45, 2.75) is 19.5 Å². The number of furan rings is 1. The lowest BCUT2D eigenvalue weighted by molar-refractivity contribution is -0.123. The van der Waals surface area contributed by atoms with Crippen LogP contribution in [0.3, 0.4) is 0 Å². The van der Waals surface area contributed by atoms with Gasteiger partial charge in [-0.3, -0.25) is 14.5 Å². The third-order valence-electron chi connectivity index (χ3n) is 5.04. The van der Waals surface area contributed by atoms with E-state index in [-0.39, 0.29) is 18.4 Å². The summed E-state index contributed by atoms with van der Waals surface area (Å²) < 4.78 is 12.8. The third kappa shape index (κ3) is 4.95. The first-order chi connectivity index (χ1) is 15.6. The van der Waals surface area contributed by atoms with Crippen LogP contribution < -0.4 is 5.32 Å².